The lowest BCUT2D eigenvalue weighted by Gasteiger charge is -2.30. The Kier molecular flexibility index (Phi) is 12.0. The van der Waals surface area contributed by atoms with Gasteiger partial charge in [0.1, 0.15) is 47.3 Å². The Morgan fingerprint density at radius 3 is 1.59 bits per heavy atom. The van der Waals surface area contributed by atoms with E-state index in [1.54, 1.807) is 0 Å². The summed E-state index contributed by atoms with van der Waals surface area (Å²) in [6.45, 7) is 19.5. The molecular weight excluding hydrogens is 941 g/mol. The van der Waals surface area contributed by atoms with Gasteiger partial charge >= 0.3 is 0 Å². The molecule has 1 aliphatic heterocycles. The third-order valence-corrected chi connectivity index (χ3v) is 14.3. The second-order valence-corrected chi connectivity index (χ2v) is 22.8. The van der Waals surface area contributed by atoms with Crippen LogP contribution in [0.1, 0.15) is 79.0 Å². The molecule has 11 rings (SSSR count). The van der Waals surface area contributed by atoms with Gasteiger partial charge in [0.25, 0.3) is 0 Å². The van der Waals surface area contributed by atoms with Crippen molar-refractivity contribution in [3.05, 3.63) is 216 Å². The summed E-state index contributed by atoms with van der Waals surface area (Å²) >= 11 is 0. The molecule has 0 spiro atoms. The second kappa shape index (κ2) is 18.3. The van der Waals surface area contributed by atoms with Crippen molar-refractivity contribution in [3.8, 4) is 50.7 Å². The Bertz CT molecular complexity index is 3740. The molecule has 3 heterocycles. The number of pyridine rings is 1. The summed E-state index contributed by atoms with van der Waals surface area (Å²) in [5.74, 6) is -0.940. The average molecular weight is 999 g/mol. The van der Waals surface area contributed by atoms with E-state index in [0.717, 1.165) is 73.5 Å². The molecule has 2 aromatic heterocycles. The van der Waals surface area contributed by atoms with E-state index in [0.29, 0.717) is 28.3 Å². The quantitative estimate of drug-likeness (QED) is 0.142. The first-order valence-electron chi connectivity index (χ1n) is 25.4. The van der Waals surface area contributed by atoms with Crippen molar-refractivity contribution in [1.29, 1.82) is 0 Å². The second-order valence-electron chi connectivity index (χ2n) is 22.8. The number of anilines is 4. The monoisotopic (exact) mass is 998 g/mol. The Morgan fingerprint density at radius 2 is 0.987 bits per heavy atom. The maximum absolute atomic E-state index is 15.4. The van der Waals surface area contributed by atoms with Crippen LogP contribution >= 0.6 is 0 Å². The third kappa shape index (κ3) is 9.41. The fourth-order valence-corrected chi connectivity index (χ4v) is 10.4. The van der Waals surface area contributed by atoms with Gasteiger partial charge in [0.15, 0.2) is 0 Å². The number of rotatable bonds is 8. The van der Waals surface area contributed by atoms with Gasteiger partial charge in [-0.05, 0) is 146 Å². The van der Waals surface area contributed by atoms with Crippen molar-refractivity contribution >= 4 is 44.6 Å². The highest BCUT2D eigenvalue weighted by Gasteiger charge is 2.34. The number of para-hydroxylation sites is 3. The molecule has 10 aromatic rings. The largest absolute Gasteiger partial charge is 0.457 e. The van der Waals surface area contributed by atoms with Crippen molar-refractivity contribution in [2.75, 3.05) is 16.5 Å². The van der Waals surface area contributed by atoms with Crippen LogP contribution in [0.2, 0.25) is 0 Å². The van der Waals surface area contributed by atoms with E-state index in [-0.39, 0.29) is 28.6 Å². The van der Waals surface area contributed by atoms with Gasteiger partial charge in [-0.25, -0.2) is 22.5 Å². The van der Waals surface area contributed by atoms with E-state index in [2.05, 4.69) is 135 Å². The third-order valence-electron chi connectivity index (χ3n) is 14.3. The zero-order valence-corrected chi connectivity index (χ0v) is 43.7. The van der Waals surface area contributed by atoms with Gasteiger partial charge in [0.2, 0.25) is 0 Å². The van der Waals surface area contributed by atoms with Gasteiger partial charge in [-0.1, -0.05) is 117 Å². The van der Waals surface area contributed by atoms with E-state index >= 15 is 17.6 Å². The minimum atomic E-state index is -0.745. The summed E-state index contributed by atoms with van der Waals surface area (Å²) < 4.78 is 70.7. The molecule has 376 valence electrons. The predicted molar refractivity (Wildman–Crippen MR) is 299 cm³/mol. The lowest BCUT2D eigenvalue weighted by molar-refractivity contribution is 0.483. The maximum atomic E-state index is 15.4. The molecule has 8 aromatic carbocycles. The molecule has 5 nitrogen and oxygen atoms in total. The first kappa shape index (κ1) is 49.1. The molecule has 9 heteroatoms. The summed E-state index contributed by atoms with van der Waals surface area (Å²) in [6, 6.07) is 52.3. The van der Waals surface area contributed by atoms with Crippen LogP contribution in [-0.2, 0) is 16.2 Å². The SMILES string of the molecule is CC(C)(C)c1ccc(-c2cc(Oc3ccc4c5ccccc5n(-c5cc(C(C)(C)C)ccn5)c4c3)cc(N3CN(c4c(-c5cc(F)cc(F)c5)cc(C(C)(C)C)cc4-c4cc(F)cc(F)c4)c4ccccc43)c2)cc1. The molecule has 0 radical (unpaired) electrons. The highest BCUT2D eigenvalue weighted by molar-refractivity contribution is 6.09. The normalized spacial score (nSPS) is 13.0. The van der Waals surface area contributed by atoms with E-state index < -0.39 is 28.7 Å². The molecule has 0 amide bonds. The first-order valence-corrected chi connectivity index (χ1v) is 25.4. The van der Waals surface area contributed by atoms with Crippen molar-refractivity contribution < 1.29 is 22.3 Å². The highest BCUT2D eigenvalue weighted by atomic mass is 19.1. The lowest BCUT2D eigenvalue weighted by atomic mass is 9.82. The van der Waals surface area contributed by atoms with Crippen LogP contribution in [0.15, 0.2) is 176 Å². The van der Waals surface area contributed by atoms with Gasteiger partial charge in [-0.15, -0.1) is 0 Å². The molecule has 0 bridgehead atoms. The molecule has 0 unspecified atom stereocenters. The van der Waals surface area contributed by atoms with Crippen LogP contribution in [0.25, 0.3) is 61.0 Å². The Hall–Kier alpha value is -8.17. The topological polar surface area (TPSA) is 33.5 Å². The Morgan fingerprint density at radius 1 is 0.427 bits per heavy atom. The van der Waals surface area contributed by atoms with Crippen molar-refractivity contribution in [1.82, 2.24) is 9.55 Å². The van der Waals surface area contributed by atoms with Crippen LogP contribution in [0.3, 0.4) is 0 Å². The fourth-order valence-electron chi connectivity index (χ4n) is 10.4. The van der Waals surface area contributed by atoms with E-state index in [4.69, 9.17) is 9.72 Å². The molecule has 1 aliphatic rings. The summed E-state index contributed by atoms with van der Waals surface area (Å²) in [6.07, 6.45) is 1.88. The van der Waals surface area contributed by atoms with Gasteiger partial charge in [-0.2, -0.15) is 0 Å². The Balaban J connectivity index is 1.09. The number of nitrogens with zero attached hydrogens (tertiary/aromatic N) is 4. The molecule has 0 aliphatic carbocycles. The van der Waals surface area contributed by atoms with Crippen molar-refractivity contribution in [2.24, 2.45) is 0 Å². The molecule has 75 heavy (non-hydrogen) atoms. The number of aromatic nitrogens is 2. The highest BCUT2D eigenvalue weighted by Crippen LogP contribution is 2.52. The van der Waals surface area contributed by atoms with Crippen LogP contribution in [0.5, 0.6) is 11.5 Å². The molecule has 0 N–H and O–H groups in total. The number of hydrogen-bond acceptors (Lipinski definition) is 4. The van der Waals surface area contributed by atoms with Gasteiger partial charge in [0, 0.05) is 58.0 Å². The zero-order valence-electron chi connectivity index (χ0n) is 43.7. The molecular formula is C66H58F4N4O. The minimum Gasteiger partial charge on any atom is -0.457 e. The number of benzene rings is 8. The molecule has 0 saturated carbocycles. The maximum Gasteiger partial charge on any atom is 0.137 e. The smallest absolute Gasteiger partial charge is 0.137 e. The first-order chi connectivity index (χ1) is 35.7. The van der Waals surface area contributed by atoms with Crippen molar-refractivity contribution in [2.45, 2.75) is 78.6 Å². The number of ether oxygens (including phenoxy) is 1. The number of hydrogen-bond donors (Lipinski definition) is 0. The number of halogens is 4. The summed E-state index contributed by atoms with van der Waals surface area (Å²) in [7, 11) is 0. The van der Waals surface area contributed by atoms with Crippen LogP contribution in [0, 0.1) is 23.3 Å². The predicted octanol–water partition coefficient (Wildman–Crippen LogP) is 18.7. The van der Waals surface area contributed by atoms with E-state index in [1.165, 1.54) is 35.4 Å². The fraction of sp³-hybridized carbons (Fsp3) is 0.197. The van der Waals surface area contributed by atoms with Crippen LogP contribution in [-0.4, -0.2) is 16.2 Å². The van der Waals surface area contributed by atoms with E-state index in [1.807, 2.05) is 81.6 Å². The minimum absolute atomic E-state index is 0.0561. The van der Waals surface area contributed by atoms with Crippen LogP contribution < -0.4 is 14.5 Å². The average Bonchev–Trinajstić information content (AvgIpc) is 3.92. The summed E-state index contributed by atoms with van der Waals surface area (Å²) in [5.41, 5.74) is 11.0. The summed E-state index contributed by atoms with van der Waals surface area (Å²) in [5, 5.41) is 2.17. The van der Waals surface area contributed by atoms with Gasteiger partial charge < -0.3 is 14.5 Å². The molecule has 0 saturated heterocycles. The number of fused-ring (bicyclic) bond motifs is 4. The van der Waals surface area contributed by atoms with Gasteiger partial charge in [-0.3, -0.25) is 4.57 Å². The standard InChI is InChI=1S/C66H58F4N4O/c1-64(2,3)44-20-18-40(19-21-44)41-30-51(37-53(31-41)75-52-22-23-55-54-14-10-11-15-58(54)74(61(55)38-52)62-34-45(24-25-71-62)65(4,5)6)72-39-73(60-17-13-12-16-59(60)72)63-56(42-26-47(67)35-48(68)27-42)32-46(66(7,8)9)33-57(63)43-28-49(69)36-50(70)29-43/h10-38H,39H2,1-9H3. The van der Waals surface area contributed by atoms with E-state index in [9.17, 15) is 0 Å². The summed E-state index contributed by atoms with van der Waals surface area (Å²) in [4.78, 5) is 9.14. The molecule has 0 fully saturated rings. The van der Waals surface area contributed by atoms with Crippen LogP contribution in [0.4, 0.5) is 40.3 Å². The lowest BCUT2D eigenvalue weighted by Crippen LogP contribution is -2.25. The zero-order chi connectivity index (χ0) is 52.7. The van der Waals surface area contributed by atoms with Gasteiger partial charge in [0.05, 0.1) is 28.1 Å². The molecule has 0 atom stereocenters. The Labute approximate surface area is 436 Å². The van der Waals surface area contributed by atoms with Crippen molar-refractivity contribution in [3.63, 3.8) is 0 Å².